The predicted molar refractivity (Wildman–Crippen MR) is 79.0 cm³/mol. The minimum Gasteiger partial charge on any atom is -0.361 e. The van der Waals surface area contributed by atoms with E-state index in [1.165, 1.54) is 35.7 Å². The highest BCUT2D eigenvalue weighted by atomic mass is 14.9. The molecule has 0 saturated heterocycles. The van der Waals surface area contributed by atoms with Crippen LogP contribution in [0.4, 0.5) is 0 Å². The molecule has 2 nitrogen and oxygen atoms in total. The molecule has 0 bridgehead atoms. The maximum absolute atomic E-state index is 3.65. The van der Waals surface area contributed by atoms with Crippen molar-refractivity contribution in [3.8, 4) is 0 Å². The normalized spacial score (nSPS) is 13.0. The van der Waals surface area contributed by atoms with E-state index in [2.05, 4.69) is 48.4 Å². The first kappa shape index (κ1) is 13.2. The van der Waals surface area contributed by atoms with Gasteiger partial charge in [0.1, 0.15) is 0 Å². The van der Waals surface area contributed by atoms with Crippen LogP contribution in [0.5, 0.6) is 0 Å². The summed E-state index contributed by atoms with van der Waals surface area (Å²) < 4.78 is 0. The monoisotopic (exact) mass is 244 g/mol. The lowest BCUT2D eigenvalue weighted by atomic mass is 10.0. The molecular weight excluding hydrogens is 220 g/mol. The van der Waals surface area contributed by atoms with Crippen LogP contribution in [0, 0.1) is 0 Å². The smallest absolute Gasteiger partial charge is 0.0456 e. The lowest BCUT2D eigenvalue weighted by molar-refractivity contribution is 0.473. The Labute approximate surface area is 110 Å². The quantitative estimate of drug-likeness (QED) is 0.760. The molecule has 2 heteroatoms. The Morgan fingerprint density at radius 1 is 1.17 bits per heavy atom. The second kappa shape index (κ2) is 6.60. The van der Waals surface area contributed by atoms with Crippen LogP contribution in [0.2, 0.25) is 0 Å². The second-order valence-electron chi connectivity index (χ2n) is 5.04. The van der Waals surface area contributed by atoms with Gasteiger partial charge in [-0.1, -0.05) is 32.4 Å². The largest absolute Gasteiger partial charge is 0.361 e. The van der Waals surface area contributed by atoms with Gasteiger partial charge in [-0.2, -0.15) is 0 Å². The number of nitrogens with one attached hydrogen (secondary N) is 2. The Bertz CT molecular complexity index is 473. The Morgan fingerprint density at radius 3 is 2.83 bits per heavy atom. The Morgan fingerprint density at radius 2 is 2.06 bits per heavy atom. The van der Waals surface area contributed by atoms with Gasteiger partial charge in [-0.05, 0) is 48.9 Å². The number of hydrogen-bond acceptors (Lipinski definition) is 1. The molecule has 1 aromatic carbocycles. The molecule has 98 valence electrons. The molecule has 0 aliphatic carbocycles. The van der Waals surface area contributed by atoms with Crippen LogP contribution in [0.3, 0.4) is 0 Å². The van der Waals surface area contributed by atoms with Crippen LogP contribution in [0.15, 0.2) is 30.5 Å². The first-order chi connectivity index (χ1) is 8.83. The summed E-state index contributed by atoms with van der Waals surface area (Å²) in [4.78, 5) is 3.29. The van der Waals surface area contributed by atoms with Gasteiger partial charge in [-0.3, -0.25) is 0 Å². The summed E-state index contributed by atoms with van der Waals surface area (Å²) in [6.07, 6.45) is 6.83. The van der Waals surface area contributed by atoms with Crippen LogP contribution in [-0.2, 0) is 6.42 Å². The van der Waals surface area contributed by atoms with Crippen molar-refractivity contribution in [2.24, 2.45) is 0 Å². The Balaban J connectivity index is 2.04. The maximum atomic E-state index is 3.65. The fourth-order valence-electron chi connectivity index (χ4n) is 2.48. The molecule has 2 rings (SSSR count). The molecule has 0 fully saturated rings. The fourth-order valence-corrected chi connectivity index (χ4v) is 2.48. The zero-order valence-corrected chi connectivity index (χ0v) is 11.5. The SMILES string of the molecule is CCCNC(CCC)Cc1ccc2cc[nH]c2c1. The third-order valence-corrected chi connectivity index (χ3v) is 3.42. The number of rotatable bonds is 7. The van der Waals surface area contributed by atoms with E-state index in [1.807, 2.05) is 6.20 Å². The fraction of sp³-hybridized carbons (Fsp3) is 0.500. The van der Waals surface area contributed by atoms with Crippen LogP contribution in [0.1, 0.15) is 38.7 Å². The summed E-state index contributed by atoms with van der Waals surface area (Å²) in [5.74, 6) is 0. The van der Waals surface area contributed by atoms with Crippen molar-refractivity contribution in [2.45, 2.75) is 45.6 Å². The van der Waals surface area contributed by atoms with Crippen molar-refractivity contribution in [1.29, 1.82) is 0 Å². The highest BCUT2D eigenvalue weighted by Crippen LogP contribution is 2.16. The van der Waals surface area contributed by atoms with Crippen LogP contribution in [-0.4, -0.2) is 17.6 Å². The number of fused-ring (bicyclic) bond motifs is 1. The highest BCUT2D eigenvalue weighted by Gasteiger charge is 2.08. The van der Waals surface area contributed by atoms with E-state index in [-0.39, 0.29) is 0 Å². The molecule has 1 atom stereocenters. The molecule has 0 spiro atoms. The maximum Gasteiger partial charge on any atom is 0.0456 e. The number of benzene rings is 1. The minimum absolute atomic E-state index is 0.613. The van der Waals surface area contributed by atoms with E-state index in [1.54, 1.807) is 0 Å². The van der Waals surface area contributed by atoms with Gasteiger partial charge in [0.05, 0.1) is 0 Å². The van der Waals surface area contributed by atoms with E-state index >= 15 is 0 Å². The van der Waals surface area contributed by atoms with Crippen LogP contribution < -0.4 is 5.32 Å². The Kier molecular flexibility index (Phi) is 4.82. The molecule has 0 aliphatic heterocycles. The summed E-state index contributed by atoms with van der Waals surface area (Å²) in [6, 6.07) is 9.49. The van der Waals surface area contributed by atoms with Gasteiger partial charge in [0, 0.05) is 17.8 Å². The van der Waals surface area contributed by atoms with Crippen molar-refractivity contribution < 1.29 is 0 Å². The van der Waals surface area contributed by atoms with E-state index in [4.69, 9.17) is 0 Å². The average molecular weight is 244 g/mol. The zero-order valence-electron chi connectivity index (χ0n) is 11.5. The van der Waals surface area contributed by atoms with Gasteiger partial charge in [0.25, 0.3) is 0 Å². The average Bonchev–Trinajstić information content (AvgIpc) is 2.83. The van der Waals surface area contributed by atoms with Gasteiger partial charge < -0.3 is 10.3 Å². The van der Waals surface area contributed by atoms with Crippen molar-refractivity contribution >= 4 is 10.9 Å². The van der Waals surface area contributed by atoms with E-state index in [0.29, 0.717) is 6.04 Å². The highest BCUT2D eigenvalue weighted by molar-refractivity contribution is 5.79. The zero-order chi connectivity index (χ0) is 12.8. The van der Waals surface area contributed by atoms with Crippen LogP contribution in [0.25, 0.3) is 10.9 Å². The summed E-state index contributed by atoms with van der Waals surface area (Å²) in [7, 11) is 0. The Hall–Kier alpha value is -1.28. The standard InChI is InChI=1S/C16H24N2/c1-3-5-15(17-9-4-2)11-13-6-7-14-8-10-18-16(14)12-13/h6-8,10,12,15,17-18H,3-5,9,11H2,1-2H3. The first-order valence-corrected chi connectivity index (χ1v) is 7.13. The molecule has 0 saturated carbocycles. The van der Waals surface area contributed by atoms with Crippen molar-refractivity contribution in [2.75, 3.05) is 6.54 Å². The molecule has 18 heavy (non-hydrogen) atoms. The lowest BCUT2D eigenvalue weighted by Gasteiger charge is -2.17. The first-order valence-electron chi connectivity index (χ1n) is 7.13. The summed E-state index contributed by atoms with van der Waals surface area (Å²) in [5, 5.41) is 4.95. The summed E-state index contributed by atoms with van der Waals surface area (Å²) >= 11 is 0. The van der Waals surface area contributed by atoms with Gasteiger partial charge in [-0.25, -0.2) is 0 Å². The minimum atomic E-state index is 0.613. The van der Waals surface area contributed by atoms with Crippen molar-refractivity contribution in [3.05, 3.63) is 36.0 Å². The van der Waals surface area contributed by atoms with Gasteiger partial charge in [-0.15, -0.1) is 0 Å². The third kappa shape index (κ3) is 3.36. The number of hydrogen-bond donors (Lipinski definition) is 2. The third-order valence-electron chi connectivity index (χ3n) is 3.42. The summed E-state index contributed by atoms with van der Waals surface area (Å²) in [5.41, 5.74) is 2.67. The lowest BCUT2D eigenvalue weighted by Crippen LogP contribution is -2.31. The number of H-pyrrole nitrogens is 1. The molecule has 0 aliphatic rings. The second-order valence-corrected chi connectivity index (χ2v) is 5.04. The number of aromatic amines is 1. The van der Waals surface area contributed by atoms with Gasteiger partial charge in [0.15, 0.2) is 0 Å². The molecule has 0 radical (unpaired) electrons. The number of aromatic nitrogens is 1. The van der Waals surface area contributed by atoms with E-state index < -0.39 is 0 Å². The molecular formula is C16H24N2. The van der Waals surface area contributed by atoms with E-state index in [9.17, 15) is 0 Å². The molecule has 1 unspecified atom stereocenters. The predicted octanol–water partition coefficient (Wildman–Crippen LogP) is 3.88. The molecule has 1 aromatic heterocycles. The van der Waals surface area contributed by atoms with E-state index in [0.717, 1.165) is 13.0 Å². The van der Waals surface area contributed by atoms with Crippen LogP contribution >= 0.6 is 0 Å². The molecule has 2 N–H and O–H groups in total. The van der Waals surface area contributed by atoms with Crippen molar-refractivity contribution in [3.63, 3.8) is 0 Å². The van der Waals surface area contributed by atoms with Gasteiger partial charge >= 0.3 is 0 Å². The molecule has 0 amide bonds. The molecule has 2 aromatic rings. The van der Waals surface area contributed by atoms with Crippen molar-refractivity contribution in [1.82, 2.24) is 10.3 Å². The van der Waals surface area contributed by atoms with Gasteiger partial charge in [0.2, 0.25) is 0 Å². The topological polar surface area (TPSA) is 27.8 Å². The molecule has 1 heterocycles. The summed E-state index contributed by atoms with van der Waals surface area (Å²) in [6.45, 7) is 5.60.